The van der Waals surface area contributed by atoms with Crippen molar-refractivity contribution in [2.75, 3.05) is 29.8 Å². The molecule has 0 unspecified atom stereocenters. The number of benzene rings is 1. The molecule has 1 amide bonds. The SMILES string of the molecule is CC1(C)C(=CC=c2sc(=C3SC(=S)N(CS(=O)(=O)NS(C)(=O)=O)C3=O)n(CS(=O)(=O)NS(C)(=O)=O)c2=O)N(CCCCCC(=O)On2c(O)cc(S(=O)(=O)O)c2O)c2ccc(SOOO)cc21. The van der Waals surface area contributed by atoms with Crippen LogP contribution in [0.1, 0.15) is 45.1 Å². The van der Waals surface area contributed by atoms with Gasteiger partial charge in [-0.15, -0.1) is 28.7 Å². The van der Waals surface area contributed by atoms with Gasteiger partial charge in [-0.05, 0) is 48.8 Å². The normalized spacial score (nSPS) is 17.5. The minimum absolute atomic E-state index is 0.130. The average molecular weight is 1120 g/mol. The number of hydrogen-bond donors (Lipinski definition) is 6. The Morgan fingerprint density at radius 2 is 1.52 bits per heavy atom. The molecule has 26 nitrogen and oxygen atoms in total. The maximum absolute atomic E-state index is 14.1. The van der Waals surface area contributed by atoms with Gasteiger partial charge in [0.05, 0.1) is 29.1 Å². The van der Waals surface area contributed by atoms with Crippen molar-refractivity contribution in [3.05, 3.63) is 61.2 Å². The number of hydrogen-bond acceptors (Lipinski definition) is 24. The number of unbranched alkanes of at least 4 members (excludes halogenated alkanes) is 2. The molecule has 1 fully saturated rings. The fraction of sp³-hybridized carbons (Fsp3) is 0.375. The molecule has 0 radical (unpaired) electrons. The van der Waals surface area contributed by atoms with Gasteiger partial charge in [0.1, 0.15) is 25.6 Å². The number of sulfonamides is 4. The molecule has 4 heterocycles. The number of aromatic nitrogens is 2. The van der Waals surface area contributed by atoms with Gasteiger partial charge in [-0.1, -0.05) is 49.3 Å². The quantitative estimate of drug-likeness (QED) is 0.0200. The highest BCUT2D eigenvalue weighted by molar-refractivity contribution is 8.30. The number of carbonyl (C=O) groups excluding carboxylic acids is 2. The highest BCUT2D eigenvalue weighted by Gasteiger charge is 2.41. The van der Waals surface area contributed by atoms with Crippen LogP contribution >= 0.6 is 47.4 Å². The lowest BCUT2D eigenvalue weighted by atomic mass is 9.83. The Balaban J connectivity index is 1.53. The van der Waals surface area contributed by atoms with E-state index < -0.39 is 111 Å². The van der Waals surface area contributed by atoms with Crippen molar-refractivity contribution in [1.29, 1.82) is 0 Å². The summed E-state index contributed by atoms with van der Waals surface area (Å²) in [5.74, 6) is -6.97. The zero-order chi connectivity index (χ0) is 50.2. The number of aromatic hydroxyl groups is 2. The second kappa shape index (κ2) is 20.2. The van der Waals surface area contributed by atoms with E-state index in [2.05, 4.69) is 9.37 Å². The van der Waals surface area contributed by atoms with E-state index in [1.54, 1.807) is 18.2 Å². The monoisotopic (exact) mass is 1110 g/mol. The molecule has 0 spiro atoms. The summed E-state index contributed by atoms with van der Waals surface area (Å²) < 4.78 is 138. The summed E-state index contributed by atoms with van der Waals surface area (Å²) in [6.45, 7) is 3.91. The molecule has 5 rings (SSSR count). The maximum atomic E-state index is 14.1. The van der Waals surface area contributed by atoms with Gasteiger partial charge in [-0.3, -0.25) is 23.6 Å². The lowest BCUT2D eigenvalue weighted by molar-refractivity contribution is -0.432. The molecule has 2 aliphatic rings. The number of fused-ring (bicyclic) bond motifs is 1. The van der Waals surface area contributed by atoms with Crippen molar-refractivity contribution < 1.29 is 85.9 Å². The minimum Gasteiger partial charge on any atom is -0.492 e. The first-order valence-corrected chi connectivity index (χ1v) is 29.6. The Kier molecular flexibility index (Phi) is 16.3. The number of thiazole rings is 1. The summed E-state index contributed by atoms with van der Waals surface area (Å²) in [4.78, 5) is 46.5. The van der Waals surface area contributed by atoms with Crippen LogP contribution in [0.5, 0.6) is 11.8 Å². The van der Waals surface area contributed by atoms with Crippen molar-refractivity contribution >= 4 is 130 Å². The third-order valence-electron chi connectivity index (χ3n) is 9.14. The second-order valence-electron chi connectivity index (χ2n) is 14.8. The second-order valence-corrected chi connectivity index (χ2v) is 27.0. The number of carbonyl (C=O) groups is 2. The molecule has 67 heavy (non-hydrogen) atoms. The zero-order valence-electron chi connectivity index (χ0n) is 34.7. The molecule has 2 aromatic heterocycles. The number of nitrogens with zero attached hydrogens (tertiary/aromatic N) is 4. The average Bonchev–Trinajstić information content (AvgIpc) is 3.80. The first-order chi connectivity index (χ1) is 30.7. The Morgan fingerprint density at radius 1 is 0.896 bits per heavy atom. The van der Waals surface area contributed by atoms with Crippen molar-refractivity contribution in [1.82, 2.24) is 22.5 Å². The molecule has 0 atom stereocenters. The van der Waals surface area contributed by atoms with Crippen molar-refractivity contribution in [2.45, 2.75) is 60.6 Å². The Morgan fingerprint density at radius 3 is 2.10 bits per heavy atom. The number of nitrogens with one attached hydrogen (secondary N) is 2. The van der Waals surface area contributed by atoms with Crippen LogP contribution in [0.2, 0.25) is 0 Å². The van der Waals surface area contributed by atoms with E-state index in [0.717, 1.165) is 0 Å². The van der Waals surface area contributed by atoms with E-state index in [0.29, 0.717) is 97.9 Å². The third-order valence-corrected chi connectivity index (χ3v) is 18.9. The summed E-state index contributed by atoms with van der Waals surface area (Å²) in [5.41, 5.74) is -0.0165. The number of amides is 1. The van der Waals surface area contributed by atoms with E-state index in [9.17, 15) is 71.2 Å². The largest absolute Gasteiger partial charge is 0.492 e. The van der Waals surface area contributed by atoms with Crippen LogP contribution in [0.3, 0.4) is 0 Å². The number of anilines is 1. The van der Waals surface area contributed by atoms with Gasteiger partial charge in [0, 0.05) is 40.7 Å². The summed E-state index contributed by atoms with van der Waals surface area (Å²) in [5, 5.41) is 32.4. The Bertz CT molecular complexity index is 3320. The highest BCUT2D eigenvalue weighted by Crippen LogP contribution is 2.49. The van der Waals surface area contributed by atoms with Crippen molar-refractivity contribution in [2.24, 2.45) is 0 Å². The molecule has 1 saturated heterocycles. The smallest absolute Gasteiger partial charge is 0.333 e. The van der Waals surface area contributed by atoms with Gasteiger partial charge in [0.25, 0.3) is 27.5 Å². The van der Waals surface area contributed by atoms with Crippen LogP contribution < -0.4 is 32.7 Å². The molecular formula is C32H38N6O20S9. The zero-order valence-corrected chi connectivity index (χ0v) is 42.0. The topological polar surface area (TPSA) is 371 Å². The first kappa shape index (κ1) is 54.0. The minimum atomic E-state index is -4.97. The van der Waals surface area contributed by atoms with Gasteiger partial charge in [-0.25, -0.2) is 43.7 Å². The van der Waals surface area contributed by atoms with E-state index in [4.69, 9.17) is 22.3 Å². The molecule has 6 N–H and O–H groups in total. The van der Waals surface area contributed by atoms with Crippen molar-refractivity contribution in [3.63, 3.8) is 0 Å². The van der Waals surface area contributed by atoms with Crippen molar-refractivity contribution in [3.8, 4) is 11.8 Å². The number of thioether (sulfide) groups is 1. The molecule has 3 aromatic rings. The number of allylic oxidation sites excluding steroid dienone is 2. The molecule has 0 aliphatic carbocycles. The summed E-state index contributed by atoms with van der Waals surface area (Å²) in [6.07, 6.45) is 4.60. The van der Waals surface area contributed by atoms with Crippen LogP contribution in [0.25, 0.3) is 11.0 Å². The molecule has 0 saturated carbocycles. The predicted molar refractivity (Wildman–Crippen MR) is 245 cm³/mol. The lowest BCUT2D eigenvalue weighted by Gasteiger charge is -2.27. The summed E-state index contributed by atoms with van der Waals surface area (Å²) in [6, 6.07) is 5.58. The third kappa shape index (κ3) is 13.2. The molecule has 35 heteroatoms. The van der Waals surface area contributed by atoms with Crippen LogP contribution in [0, 0.1) is 0 Å². The number of thiocarbonyl (C=S) groups is 1. The van der Waals surface area contributed by atoms with E-state index in [-0.39, 0.29) is 33.3 Å². The Hall–Kier alpha value is -3.95. The van der Waals surface area contributed by atoms with Crippen LogP contribution in [0.4, 0.5) is 5.69 Å². The molecule has 370 valence electrons. The first-order valence-electron chi connectivity index (χ1n) is 18.3. The number of rotatable bonds is 20. The van der Waals surface area contributed by atoms with Gasteiger partial charge in [0.2, 0.25) is 46.0 Å². The van der Waals surface area contributed by atoms with Crippen LogP contribution in [0.15, 0.2) is 50.6 Å². The van der Waals surface area contributed by atoms with E-state index in [1.165, 1.54) is 20.4 Å². The Labute approximate surface area is 399 Å². The molecule has 1 aromatic carbocycles. The highest BCUT2D eigenvalue weighted by atomic mass is 32.3. The molecule has 0 bridgehead atoms. The van der Waals surface area contributed by atoms with Gasteiger partial charge in [0.15, 0.2) is 4.90 Å². The predicted octanol–water partition coefficient (Wildman–Crippen LogP) is -0.883. The summed E-state index contributed by atoms with van der Waals surface area (Å²) >= 11 is 6.93. The van der Waals surface area contributed by atoms with Crippen LogP contribution in [-0.4, -0.2) is 117 Å². The van der Waals surface area contributed by atoms with E-state index in [1.807, 2.05) is 18.7 Å². The maximum Gasteiger partial charge on any atom is 0.333 e. The lowest BCUT2D eigenvalue weighted by Crippen LogP contribution is -2.42. The van der Waals surface area contributed by atoms with Gasteiger partial charge >= 0.3 is 5.97 Å². The fourth-order valence-corrected chi connectivity index (χ4v) is 15.5. The molecular weight excluding hydrogens is 1080 g/mol. The standard InChI is InChI=1S/C32H38N6O20S9/c1-32(2)19-14-18(62-58-57-44)9-10-20(19)35(13-7-5-6-8-25(40)56-38-24(39)15-22(28(38)42)67(53,54)55)23(32)12-11-21-27(41)36(16-65(49,50)33-63(3,45)46)30(60-21)26-29(43)37(31(59)61-26)17-66(51,52)34-64(4,47)48/h9-12,14-15,33-34,39,42,44H,5-8,13,16-17H2,1-4H3,(H,53,54,55). The summed E-state index contributed by atoms with van der Waals surface area (Å²) in [7, 11) is -23.3. The van der Waals surface area contributed by atoms with E-state index >= 15 is 0 Å². The molecule has 2 aliphatic heterocycles. The van der Waals surface area contributed by atoms with Gasteiger partial charge < -0.3 is 20.0 Å². The fourth-order valence-electron chi connectivity index (χ4n) is 6.56. The van der Waals surface area contributed by atoms with Gasteiger partial charge in [-0.2, -0.15) is 8.42 Å². The van der Waals surface area contributed by atoms with Crippen LogP contribution in [-0.2, 0) is 80.5 Å².